The molecule has 102 valence electrons. The van der Waals surface area contributed by atoms with Crippen LogP contribution in [-0.4, -0.2) is 29.1 Å². The van der Waals surface area contributed by atoms with Crippen molar-refractivity contribution in [2.24, 2.45) is 17.8 Å². The summed E-state index contributed by atoms with van der Waals surface area (Å²) < 4.78 is 5.40. The minimum atomic E-state index is -0.625. The second kappa shape index (κ2) is 4.04. The zero-order valence-electron chi connectivity index (χ0n) is 11.2. The van der Waals surface area contributed by atoms with Gasteiger partial charge in [-0.2, -0.15) is 0 Å². The normalized spacial score (nSPS) is 42.1. The number of fused-ring (bicyclic) bond motifs is 3. The van der Waals surface area contributed by atoms with Gasteiger partial charge in [0.1, 0.15) is 6.10 Å². The third kappa shape index (κ3) is 1.62. The van der Waals surface area contributed by atoms with E-state index < -0.39 is 24.1 Å². The molecule has 2 fully saturated rings. The summed E-state index contributed by atoms with van der Waals surface area (Å²) in [7, 11) is 0. The van der Waals surface area contributed by atoms with E-state index in [9.17, 15) is 14.7 Å². The highest BCUT2D eigenvalue weighted by Gasteiger charge is 2.52. The molecule has 1 heterocycles. The lowest BCUT2D eigenvalue weighted by Crippen LogP contribution is -2.29. The molecule has 19 heavy (non-hydrogen) atoms. The predicted molar refractivity (Wildman–Crippen MR) is 68.1 cm³/mol. The van der Waals surface area contributed by atoms with Gasteiger partial charge in [0.15, 0.2) is 5.78 Å². The van der Waals surface area contributed by atoms with Gasteiger partial charge in [-0.3, -0.25) is 4.79 Å². The molecule has 0 radical (unpaired) electrons. The van der Waals surface area contributed by atoms with Crippen LogP contribution in [0.2, 0.25) is 0 Å². The maximum Gasteiger partial charge on any atom is 0.334 e. The first-order valence-corrected chi connectivity index (χ1v) is 6.73. The van der Waals surface area contributed by atoms with Crippen LogP contribution in [0.15, 0.2) is 23.3 Å². The standard InChI is InChI=1S/C15H18O4/c1-6-4-11(17)13-8(3)15(18)19-14(13)12-7(2)10(16)5-9(6)12/h6,9,11,13-14,17H,3-5H2,1-2H3/t6-,9-,11+,13-,14-/m1/s1. The Balaban J connectivity index is 2.12. The number of hydrogen-bond donors (Lipinski definition) is 1. The van der Waals surface area contributed by atoms with E-state index in [1.807, 2.05) is 6.92 Å². The summed E-state index contributed by atoms with van der Waals surface area (Å²) >= 11 is 0. The summed E-state index contributed by atoms with van der Waals surface area (Å²) in [5.41, 5.74) is 1.97. The Morgan fingerprint density at radius 1 is 1.37 bits per heavy atom. The number of rotatable bonds is 0. The van der Waals surface area contributed by atoms with Gasteiger partial charge in [0.2, 0.25) is 0 Å². The molecule has 1 aliphatic heterocycles. The van der Waals surface area contributed by atoms with Crippen LogP contribution in [0.1, 0.15) is 26.7 Å². The SMILES string of the molecule is C=C1C(=O)O[C@@H]2C3=C(C)C(=O)C[C@@H]3[C@H](C)C[C@H](O)[C@@H]12. The predicted octanol–water partition coefficient (Wildman–Crippen LogP) is 1.39. The summed E-state index contributed by atoms with van der Waals surface area (Å²) in [6.07, 6.45) is -0.0650. The molecular weight excluding hydrogens is 244 g/mol. The minimum Gasteiger partial charge on any atom is -0.454 e. The molecule has 1 saturated carbocycles. The number of esters is 1. The van der Waals surface area contributed by atoms with E-state index in [0.29, 0.717) is 24.0 Å². The van der Waals surface area contributed by atoms with Crippen molar-refractivity contribution in [2.75, 3.05) is 0 Å². The Hall–Kier alpha value is -1.42. The molecule has 3 aliphatic rings. The lowest BCUT2D eigenvalue weighted by Gasteiger charge is -2.22. The molecule has 4 nitrogen and oxygen atoms in total. The van der Waals surface area contributed by atoms with Crippen LogP contribution >= 0.6 is 0 Å². The first-order valence-electron chi connectivity index (χ1n) is 6.73. The molecule has 0 aromatic heterocycles. The number of Topliss-reactive ketones (excluding diaryl/α,β-unsaturated/α-hetero) is 1. The Labute approximate surface area is 112 Å². The third-order valence-corrected chi connectivity index (χ3v) is 4.90. The molecule has 0 bridgehead atoms. The van der Waals surface area contributed by atoms with E-state index in [1.165, 1.54) is 0 Å². The summed E-state index contributed by atoms with van der Waals surface area (Å²) in [5.74, 6) is -0.396. The van der Waals surface area contributed by atoms with E-state index in [-0.39, 0.29) is 17.6 Å². The fourth-order valence-electron chi connectivity index (χ4n) is 3.80. The van der Waals surface area contributed by atoms with Gasteiger partial charge in [-0.25, -0.2) is 4.79 Å². The molecule has 0 unspecified atom stereocenters. The van der Waals surface area contributed by atoms with E-state index >= 15 is 0 Å². The van der Waals surface area contributed by atoms with Crippen LogP contribution in [-0.2, 0) is 14.3 Å². The van der Waals surface area contributed by atoms with Crippen LogP contribution in [0.5, 0.6) is 0 Å². The van der Waals surface area contributed by atoms with Crippen molar-refractivity contribution < 1.29 is 19.4 Å². The molecule has 0 spiro atoms. The number of aliphatic hydroxyl groups excluding tert-OH is 1. The van der Waals surface area contributed by atoms with Gasteiger partial charge in [0.25, 0.3) is 0 Å². The average molecular weight is 262 g/mol. The molecular formula is C15H18O4. The van der Waals surface area contributed by atoms with Crippen molar-refractivity contribution in [1.29, 1.82) is 0 Å². The number of ketones is 1. The molecule has 1 saturated heterocycles. The van der Waals surface area contributed by atoms with Crippen molar-refractivity contribution >= 4 is 11.8 Å². The third-order valence-electron chi connectivity index (χ3n) is 4.90. The van der Waals surface area contributed by atoms with Crippen molar-refractivity contribution in [1.82, 2.24) is 0 Å². The largest absolute Gasteiger partial charge is 0.454 e. The first-order chi connectivity index (χ1) is 8.91. The molecule has 0 aromatic rings. The molecule has 5 atom stereocenters. The molecule has 1 N–H and O–H groups in total. The second-order valence-electron chi connectivity index (χ2n) is 5.97. The quantitative estimate of drug-likeness (QED) is 0.529. The fourth-order valence-corrected chi connectivity index (χ4v) is 3.80. The summed E-state index contributed by atoms with van der Waals surface area (Å²) in [6, 6.07) is 0. The number of carbonyl (C=O) groups is 2. The zero-order valence-corrected chi connectivity index (χ0v) is 11.2. The van der Waals surface area contributed by atoms with Gasteiger partial charge in [0.05, 0.1) is 12.0 Å². The molecule has 4 heteroatoms. The highest BCUT2D eigenvalue weighted by molar-refractivity contribution is 6.00. The monoisotopic (exact) mass is 262 g/mol. The molecule has 2 aliphatic carbocycles. The Morgan fingerprint density at radius 3 is 2.74 bits per heavy atom. The highest BCUT2D eigenvalue weighted by Crippen LogP contribution is 2.49. The average Bonchev–Trinajstić information content (AvgIpc) is 2.75. The Kier molecular flexibility index (Phi) is 2.68. The number of allylic oxidation sites excluding steroid dienone is 1. The number of ether oxygens (including phenoxy) is 1. The van der Waals surface area contributed by atoms with Gasteiger partial charge >= 0.3 is 5.97 Å². The maximum atomic E-state index is 11.9. The molecule has 0 amide bonds. The Morgan fingerprint density at radius 2 is 2.05 bits per heavy atom. The topological polar surface area (TPSA) is 63.6 Å². The maximum absolute atomic E-state index is 11.9. The zero-order chi connectivity index (χ0) is 13.9. The summed E-state index contributed by atoms with van der Waals surface area (Å²) in [6.45, 7) is 7.60. The van der Waals surface area contributed by atoms with E-state index in [1.54, 1.807) is 6.92 Å². The van der Waals surface area contributed by atoms with Crippen molar-refractivity contribution in [3.8, 4) is 0 Å². The first kappa shape index (κ1) is 12.6. The van der Waals surface area contributed by atoms with Gasteiger partial charge in [-0.05, 0) is 36.3 Å². The van der Waals surface area contributed by atoms with Gasteiger partial charge in [0, 0.05) is 12.0 Å². The van der Waals surface area contributed by atoms with Crippen molar-refractivity contribution in [3.63, 3.8) is 0 Å². The van der Waals surface area contributed by atoms with Gasteiger partial charge in [-0.15, -0.1) is 0 Å². The van der Waals surface area contributed by atoms with E-state index in [0.717, 1.165) is 5.57 Å². The van der Waals surface area contributed by atoms with Crippen molar-refractivity contribution in [3.05, 3.63) is 23.3 Å². The Bertz CT molecular complexity index is 516. The van der Waals surface area contributed by atoms with Gasteiger partial charge in [-0.1, -0.05) is 13.5 Å². The smallest absolute Gasteiger partial charge is 0.334 e. The van der Waals surface area contributed by atoms with Crippen LogP contribution in [0, 0.1) is 17.8 Å². The summed E-state index contributed by atoms with van der Waals surface area (Å²) in [5, 5.41) is 10.3. The number of aliphatic hydroxyl groups is 1. The summed E-state index contributed by atoms with van der Waals surface area (Å²) in [4.78, 5) is 23.7. The number of hydrogen-bond acceptors (Lipinski definition) is 4. The van der Waals surface area contributed by atoms with E-state index in [2.05, 4.69) is 6.58 Å². The highest BCUT2D eigenvalue weighted by atomic mass is 16.6. The number of carbonyl (C=O) groups excluding carboxylic acids is 2. The van der Waals surface area contributed by atoms with Crippen molar-refractivity contribution in [2.45, 2.75) is 38.9 Å². The minimum absolute atomic E-state index is 0.0934. The molecule has 0 aromatic carbocycles. The van der Waals surface area contributed by atoms with Crippen LogP contribution < -0.4 is 0 Å². The van der Waals surface area contributed by atoms with E-state index in [4.69, 9.17) is 4.74 Å². The fraction of sp³-hybridized carbons (Fsp3) is 0.600. The van der Waals surface area contributed by atoms with Crippen LogP contribution in [0.25, 0.3) is 0 Å². The van der Waals surface area contributed by atoms with Gasteiger partial charge < -0.3 is 9.84 Å². The second-order valence-corrected chi connectivity index (χ2v) is 5.97. The molecule has 3 rings (SSSR count). The lowest BCUT2D eigenvalue weighted by atomic mass is 9.85. The van der Waals surface area contributed by atoms with Crippen LogP contribution in [0.3, 0.4) is 0 Å². The van der Waals surface area contributed by atoms with Crippen LogP contribution in [0.4, 0.5) is 0 Å². The lowest BCUT2D eigenvalue weighted by molar-refractivity contribution is -0.138.